The van der Waals surface area contributed by atoms with E-state index in [1.165, 1.54) is 19.2 Å². The molecule has 1 aromatic rings. The summed E-state index contributed by atoms with van der Waals surface area (Å²) in [6.07, 6.45) is -3.72. The van der Waals surface area contributed by atoms with Crippen LogP contribution in [0.1, 0.15) is 27.0 Å². The van der Waals surface area contributed by atoms with Crippen LogP contribution in [-0.4, -0.2) is 68.4 Å². The first-order valence-electron chi connectivity index (χ1n) is 8.13. The minimum absolute atomic E-state index is 0.0826. The molecule has 12 nitrogen and oxygen atoms in total. The van der Waals surface area contributed by atoms with E-state index in [2.05, 4.69) is 9.72 Å². The Kier molecular flexibility index (Phi) is 6.73. The first kappa shape index (κ1) is 21.1. The molecule has 0 spiro atoms. The Labute approximate surface area is 154 Å². The average Bonchev–Trinajstić information content (AvgIpc) is 2.81. The molecule has 12 heteroatoms. The molecule has 1 aliphatic rings. The summed E-state index contributed by atoms with van der Waals surface area (Å²) in [5.74, 6) is -0.0826. The van der Waals surface area contributed by atoms with E-state index in [-0.39, 0.29) is 18.5 Å². The van der Waals surface area contributed by atoms with Gasteiger partial charge in [0.15, 0.2) is 18.8 Å². The van der Waals surface area contributed by atoms with Crippen molar-refractivity contribution in [1.82, 2.24) is 9.55 Å². The summed E-state index contributed by atoms with van der Waals surface area (Å²) in [4.78, 5) is 26.8. The molecule has 1 fully saturated rings. The zero-order valence-corrected chi connectivity index (χ0v) is 15.1. The predicted molar refractivity (Wildman–Crippen MR) is 88.0 cm³/mol. The summed E-state index contributed by atoms with van der Waals surface area (Å²) in [6, 6.07) is 1.28. The van der Waals surface area contributed by atoms with E-state index < -0.39 is 42.7 Å². The first-order chi connectivity index (χ1) is 12.7. The molecule has 2 rings (SSSR count). The quantitative estimate of drug-likeness (QED) is 0.207. The molecule has 1 saturated heterocycles. The van der Waals surface area contributed by atoms with Crippen LogP contribution in [0.5, 0.6) is 0 Å². The summed E-state index contributed by atoms with van der Waals surface area (Å²) in [7, 11) is 0. The van der Waals surface area contributed by atoms with Crippen molar-refractivity contribution in [3.63, 3.8) is 0 Å². The number of hydrogen-bond acceptors (Lipinski definition) is 11. The highest BCUT2D eigenvalue weighted by molar-refractivity contribution is 5.59. The number of aliphatic hydroxyl groups excluding tert-OH is 1. The van der Waals surface area contributed by atoms with Crippen LogP contribution in [-0.2, 0) is 18.9 Å². The lowest BCUT2D eigenvalue weighted by Crippen LogP contribution is -2.47. The number of nitrogens with one attached hydrogen (secondary N) is 1. The smallest absolute Gasteiger partial charge is 0.432 e. The van der Waals surface area contributed by atoms with Crippen LogP contribution in [0, 0.1) is 0 Å². The summed E-state index contributed by atoms with van der Waals surface area (Å²) >= 11 is 0. The highest BCUT2D eigenvalue weighted by atomic mass is 16.8. The monoisotopic (exact) mass is 389 g/mol. The molecule has 1 unspecified atom stereocenters. The van der Waals surface area contributed by atoms with Gasteiger partial charge in [0.05, 0.1) is 12.7 Å². The lowest BCUT2D eigenvalue weighted by Gasteiger charge is -2.26. The van der Waals surface area contributed by atoms with Gasteiger partial charge in [-0.1, -0.05) is 0 Å². The Morgan fingerprint density at radius 1 is 1.52 bits per heavy atom. The summed E-state index contributed by atoms with van der Waals surface area (Å²) in [5.41, 5.74) is -0.835. The van der Waals surface area contributed by atoms with Crippen molar-refractivity contribution in [3.8, 4) is 0 Å². The van der Waals surface area contributed by atoms with E-state index in [1.807, 2.05) is 0 Å². The molecule has 0 bridgehead atoms. The Morgan fingerprint density at radius 3 is 2.81 bits per heavy atom. The zero-order chi connectivity index (χ0) is 20.2. The number of carbonyl (C=O) groups is 1. The number of ether oxygens (including phenoxy) is 4. The standard InChI is InChI=1S/C15H23N3O9/c1-8(2)26-14(21)25-7-24-6-9-15(3,22)11(19)12(27-9)18-5-4-10(17-23)16-13(18)20/h4-5,8-9,11-12,19,22-23H,6-7H2,1-3H3,(H,16,17,20)/t9-,11?,12-,15-/m1/s1. The second kappa shape index (κ2) is 8.63. The molecular weight excluding hydrogens is 366 g/mol. The molecule has 152 valence electrons. The Balaban J connectivity index is 1.97. The average molecular weight is 389 g/mol. The van der Waals surface area contributed by atoms with Crippen LogP contribution < -0.4 is 11.2 Å². The molecule has 2 heterocycles. The minimum Gasteiger partial charge on any atom is -0.432 e. The maximum atomic E-state index is 12.0. The van der Waals surface area contributed by atoms with Gasteiger partial charge in [-0.25, -0.2) is 9.59 Å². The third-order valence-corrected chi connectivity index (χ3v) is 3.90. The molecule has 0 aliphatic carbocycles. The van der Waals surface area contributed by atoms with Gasteiger partial charge in [-0.3, -0.25) is 15.3 Å². The molecule has 4 N–H and O–H groups in total. The Bertz CT molecular complexity index is 706. The van der Waals surface area contributed by atoms with Crippen LogP contribution >= 0.6 is 0 Å². The topological polar surface area (TPSA) is 162 Å². The Morgan fingerprint density at radius 2 is 2.22 bits per heavy atom. The van der Waals surface area contributed by atoms with Gasteiger partial charge < -0.3 is 29.2 Å². The van der Waals surface area contributed by atoms with E-state index in [0.717, 1.165) is 4.57 Å². The zero-order valence-electron chi connectivity index (χ0n) is 15.1. The number of aliphatic hydroxyl groups is 2. The number of aromatic nitrogens is 2. The molecule has 0 saturated carbocycles. The molecule has 0 radical (unpaired) electrons. The highest BCUT2D eigenvalue weighted by Gasteiger charge is 2.53. The number of hydrogen-bond donors (Lipinski definition) is 4. The fraction of sp³-hybridized carbons (Fsp3) is 0.667. The fourth-order valence-corrected chi connectivity index (χ4v) is 2.43. The van der Waals surface area contributed by atoms with E-state index >= 15 is 0 Å². The molecule has 1 aliphatic heterocycles. The second-order valence-corrected chi connectivity index (χ2v) is 6.35. The fourth-order valence-electron chi connectivity index (χ4n) is 2.43. The third-order valence-electron chi connectivity index (χ3n) is 3.90. The van der Waals surface area contributed by atoms with Gasteiger partial charge in [0.25, 0.3) is 0 Å². The van der Waals surface area contributed by atoms with E-state index in [1.54, 1.807) is 19.3 Å². The number of nitrogens with zero attached hydrogens (tertiary/aromatic N) is 2. The normalized spacial score (nSPS) is 27.6. The highest BCUT2D eigenvalue weighted by Crippen LogP contribution is 2.36. The number of carbonyl (C=O) groups excluding carboxylic acids is 1. The summed E-state index contributed by atoms with van der Waals surface area (Å²) in [6.45, 7) is 3.97. The minimum atomic E-state index is -1.75. The van der Waals surface area contributed by atoms with Crippen LogP contribution in [0.4, 0.5) is 10.6 Å². The summed E-state index contributed by atoms with van der Waals surface area (Å²) < 4.78 is 21.1. The predicted octanol–water partition coefficient (Wildman–Crippen LogP) is -0.411. The number of anilines is 1. The van der Waals surface area contributed by atoms with Gasteiger partial charge in [0.2, 0.25) is 0 Å². The van der Waals surface area contributed by atoms with Gasteiger partial charge in [-0.15, -0.1) is 0 Å². The van der Waals surface area contributed by atoms with Crippen molar-refractivity contribution in [2.24, 2.45) is 0 Å². The molecule has 1 aromatic heterocycles. The van der Waals surface area contributed by atoms with E-state index in [9.17, 15) is 19.8 Å². The second-order valence-electron chi connectivity index (χ2n) is 6.35. The van der Waals surface area contributed by atoms with Gasteiger partial charge in [-0.05, 0) is 26.8 Å². The maximum absolute atomic E-state index is 12.0. The van der Waals surface area contributed by atoms with E-state index in [0.29, 0.717) is 0 Å². The summed E-state index contributed by atoms with van der Waals surface area (Å²) in [5, 5.41) is 29.6. The van der Waals surface area contributed by atoms with Crippen LogP contribution in [0.3, 0.4) is 0 Å². The number of rotatable bonds is 7. The molecule has 0 amide bonds. The lowest BCUT2D eigenvalue weighted by atomic mass is 9.95. The van der Waals surface area contributed by atoms with Crippen LogP contribution in [0.2, 0.25) is 0 Å². The van der Waals surface area contributed by atoms with E-state index in [4.69, 9.17) is 19.4 Å². The molecular formula is C15H23N3O9. The van der Waals surface area contributed by atoms with Crippen LogP contribution in [0.15, 0.2) is 17.1 Å². The van der Waals surface area contributed by atoms with Gasteiger partial charge in [-0.2, -0.15) is 4.98 Å². The molecule has 4 atom stereocenters. The lowest BCUT2D eigenvalue weighted by molar-refractivity contribution is -0.122. The van der Waals surface area contributed by atoms with Crippen molar-refractivity contribution in [3.05, 3.63) is 22.7 Å². The van der Waals surface area contributed by atoms with Gasteiger partial charge in [0.1, 0.15) is 17.8 Å². The SMILES string of the molecule is CC(C)OC(=O)OCOC[C@H]1O[C@@H](n2ccc(NO)nc2=O)C(O)[C@]1(C)O. The Hall–Kier alpha value is -2.25. The van der Waals surface area contributed by atoms with Crippen molar-refractivity contribution in [2.75, 3.05) is 18.9 Å². The van der Waals surface area contributed by atoms with Gasteiger partial charge in [0, 0.05) is 6.20 Å². The molecule has 27 heavy (non-hydrogen) atoms. The first-order valence-corrected chi connectivity index (χ1v) is 8.13. The third kappa shape index (κ3) is 4.93. The largest absolute Gasteiger partial charge is 0.510 e. The molecule has 0 aromatic carbocycles. The van der Waals surface area contributed by atoms with Crippen LogP contribution in [0.25, 0.3) is 0 Å². The van der Waals surface area contributed by atoms with Crippen molar-refractivity contribution in [1.29, 1.82) is 0 Å². The van der Waals surface area contributed by atoms with Crippen molar-refractivity contribution < 1.29 is 39.2 Å². The maximum Gasteiger partial charge on any atom is 0.510 e. The van der Waals surface area contributed by atoms with Gasteiger partial charge >= 0.3 is 11.8 Å². The van der Waals surface area contributed by atoms with Crippen molar-refractivity contribution in [2.45, 2.75) is 50.9 Å². The van der Waals surface area contributed by atoms with Crippen molar-refractivity contribution >= 4 is 12.0 Å².